The first-order chi connectivity index (χ1) is 8.99. The van der Waals surface area contributed by atoms with Gasteiger partial charge in [-0.2, -0.15) is 17.5 Å². The largest absolute Gasteiger partial charge is 0.477 e. The minimum Gasteiger partial charge on any atom is -0.477 e. The molecular weight excluding hydrogens is 373 g/mol. The van der Waals surface area contributed by atoms with Crippen molar-refractivity contribution in [3.05, 3.63) is 35.2 Å². The summed E-state index contributed by atoms with van der Waals surface area (Å²) in [4.78, 5) is 12.4. The van der Waals surface area contributed by atoms with Gasteiger partial charge in [0.2, 0.25) is 0 Å². The van der Waals surface area contributed by atoms with Crippen LogP contribution in [0.1, 0.15) is 24.5 Å². The third-order valence-electron chi connectivity index (χ3n) is 2.47. The van der Waals surface area contributed by atoms with Crippen LogP contribution in [0.5, 0.6) is 0 Å². The summed E-state index contributed by atoms with van der Waals surface area (Å²) in [6, 6.07) is 3.51. The van der Waals surface area contributed by atoms with Crippen LogP contribution in [0.25, 0.3) is 0 Å². The van der Waals surface area contributed by atoms with Crippen LogP contribution in [0, 0.1) is 6.92 Å². The van der Waals surface area contributed by atoms with E-state index in [1.54, 1.807) is 12.1 Å². The smallest absolute Gasteiger partial charge is 0.0719 e. The number of halogens is 1. The van der Waals surface area contributed by atoms with Crippen molar-refractivity contribution >= 4 is 40.1 Å². The molecule has 109 valence electrons. The summed E-state index contributed by atoms with van der Waals surface area (Å²) in [5.41, 5.74) is 2.03. The second-order valence-corrected chi connectivity index (χ2v) is 5.38. The first kappa shape index (κ1) is 19.9. The van der Waals surface area contributed by atoms with Gasteiger partial charge in [-0.3, -0.25) is 0 Å². The molecule has 0 aromatic heterocycles. The van der Waals surface area contributed by atoms with Gasteiger partial charge in [-0.1, -0.05) is 18.6 Å². The first-order valence-electron chi connectivity index (χ1n) is 5.74. The first-order valence-corrected chi connectivity index (χ1v) is 7.44. The van der Waals surface area contributed by atoms with Gasteiger partial charge in [-0.25, -0.2) is 17.5 Å². The van der Waals surface area contributed by atoms with Crippen molar-refractivity contribution in [3.8, 4) is 0 Å². The van der Waals surface area contributed by atoms with Crippen molar-refractivity contribution in [2.24, 2.45) is 0 Å². The molecule has 1 aromatic carbocycles. The van der Waals surface area contributed by atoms with E-state index in [1.807, 2.05) is 13.3 Å². The van der Waals surface area contributed by atoms with Gasteiger partial charge in [0.05, 0.1) is 6.41 Å². The molecule has 0 atom stereocenters. The number of hydrogen-bond acceptors (Lipinski definition) is 3. The van der Waals surface area contributed by atoms with E-state index in [0.29, 0.717) is 29.4 Å². The number of amides is 1. The Labute approximate surface area is 152 Å². The average molecular weight is 389 g/mol. The van der Waals surface area contributed by atoms with E-state index < -0.39 is 10.6 Å². The Morgan fingerprint density at radius 2 is 2.20 bits per heavy atom. The molecule has 20 heavy (non-hydrogen) atoms. The fourth-order valence-corrected chi connectivity index (χ4v) is 2.40. The maximum atomic E-state index is 11.0. The third kappa shape index (κ3) is 5.74. The molecule has 0 saturated carbocycles. The standard InChI is InChI=1S/C13H16ClN2O2S.Y/c1-4-5-16(9-17)13-10(2)6-11(7-12(13)14)8-15-19(3)18;/h6-7H,2-5,8H2,1H3,(H,15,18);/q-3;. The molecule has 7 heteroatoms. The Morgan fingerprint density at radius 3 is 2.65 bits per heavy atom. The Kier molecular flexibility index (Phi) is 9.76. The van der Waals surface area contributed by atoms with E-state index in [4.69, 9.17) is 11.6 Å². The van der Waals surface area contributed by atoms with E-state index >= 15 is 0 Å². The van der Waals surface area contributed by atoms with Crippen LogP contribution >= 0.6 is 11.6 Å². The summed E-state index contributed by atoms with van der Waals surface area (Å²) in [5, 5.41) is 0.427. The monoisotopic (exact) mass is 388 g/mol. The Morgan fingerprint density at radius 1 is 1.55 bits per heavy atom. The number of benzene rings is 1. The molecule has 1 aromatic rings. The minimum atomic E-state index is -1.33. The maximum absolute atomic E-state index is 11.0. The average Bonchev–Trinajstić information content (AvgIpc) is 2.34. The zero-order chi connectivity index (χ0) is 14.4. The van der Waals surface area contributed by atoms with Crippen molar-refractivity contribution in [1.82, 2.24) is 4.72 Å². The van der Waals surface area contributed by atoms with Crippen LogP contribution in [0.3, 0.4) is 0 Å². The molecular formula is C13H16ClN2O2SY-3. The molecule has 4 nitrogen and oxygen atoms in total. The van der Waals surface area contributed by atoms with Gasteiger partial charge in [0.25, 0.3) is 0 Å². The molecule has 0 unspecified atom stereocenters. The predicted octanol–water partition coefficient (Wildman–Crippen LogP) is 2.20. The van der Waals surface area contributed by atoms with Crippen LogP contribution in [0.15, 0.2) is 12.1 Å². The maximum Gasteiger partial charge on any atom is 0.0719 e. The second-order valence-electron chi connectivity index (χ2n) is 3.99. The van der Waals surface area contributed by atoms with Gasteiger partial charge in [0.15, 0.2) is 0 Å². The molecule has 1 rings (SSSR count). The summed E-state index contributed by atoms with van der Waals surface area (Å²) >= 11 is 6.18. The Bertz CT molecular complexity index is 504. The molecule has 0 heterocycles. The van der Waals surface area contributed by atoms with E-state index in [-0.39, 0.29) is 32.7 Å². The van der Waals surface area contributed by atoms with Crippen LogP contribution in [-0.2, 0) is 58.8 Å². The molecule has 1 radical (unpaired) electrons. The topological polar surface area (TPSA) is 49.4 Å². The van der Waals surface area contributed by atoms with Crippen molar-refractivity contribution in [1.29, 1.82) is 0 Å². The van der Waals surface area contributed by atoms with Crippen molar-refractivity contribution in [2.75, 3.05) is 11.4 Å². The molecule has 1 N–H and O–H groups in total. The second kappa shape index (κ2) is 9.80. The molecule has 1 amide bonds. The minimum absolute atomic E-state index is 0. The Hall–Kier alpha value is -0.0661. The fourth-order valence-electron chi connectivity index (χ4n) is 1.71. The molecule has 0 spiro atoms. The number of nitrogens with zero attached hydrogens (tertiary/aromatic N) is 1. The SMILES string of the molecule is C=[S-](=O)NCc1cc([CH2-])c(N([C-]=O)CCC)c(Cl)c1.[Y]. The molecule has 0 bridgehead atoms. The quantitative estimate of drug-likeness (QED) is 0.337. The van der Waals surface area contributed by atoms with E-state index in [9.17, 15) is 9.00 Å². The van der Waals surface area contributed by atoms with Crippen LogP contribution in [0.2, 0.25) is 5.02 Å². The summed E-state index contributed by atoms with van der Waals surface area (Å²) in [6.07, 6.45) is 2.66. The molecule has 0 aliphatic heterocycles. The number of hydrogen-bond donors (Lipinski definition) is 1. The van der Waals surface area contributed by atoms with E-state index in [0.717, 1.165) is 12.0 Å². The number of rotatable bonds is 7. The van der Waals surface area contributed by atoms with Crippen LogP contribution in [-0.4, -0.2) is 18.8 Å². The van der Waals surface area contributed by atoms with E-state index in [2.05, 4.69) is 17.5 Å². The van der Waals surface area contributed by atoms with Gasteiger partial charge in [-0.05, 0) is 24.5 Å². The summed E-state index contributed by atoms with van der Waals surface area (Å²) < 4.78 is 13.6. The van der Waals surface area contributed by atoms with Crippen molar-refractivity contribution in [3.63, 3.8) is 0 Å². The number of nitrogens with one attached hydrogen (secondary N) is 1. The van der Waals surface area contributed by atoms with Gasteiger partial charge in [-0.15, -0.1) is 17.3 Å². The summed E-state index contributed by atoms with van der Waals surface area (Å²) in [6.45, 7) is 6.76. The van der Waals surface area contributed by atoms with Gasteiger partial charge in [0, 0.05) is 32.7 Å². The van der Waals surface area contributed by atoms with Crippen LogP contribution in [0.4, 0.5) is 5.69 Å². The fraction of sp³-hybridized carbons (Fsp3) is 0.308. The van der Waals surface area contributed by atoms with Crippen LogP contribution < -0.4 is 9.62 Å². The van der Waals surface area contributed by atoms with Crippen molar-refractivity contribution < 1.29 is 41.7 Å². The Balaban J connectivity index is 0.00000361. The normalized spacial score (nSPS) is 10.2. The van der Waals surface area contributed by atoms with Gasteiger partial charge < -0.3 is 18.6 Å². The third-order valence-corrected chi connectivity index (χ3v) is 3.22. The summed E-state index contributed by atoms with van der Waals surface area (Å²) in [7, 11) is -1.33. The molecule has 0 saturated heterocycles. The predicted molar refractivity (Wildman–Crippen MR) is 81.3 cm³/mol. The van der Waals surface area contributed by atoms with Gasteiger partial charge in [0.1, 0.15) is 0 Å². The summed E-state index contributed by atoms with van der Waals surface area (Å²) in [5.74, 6) is 3.33. The zero-order valence-corrected chi connectivity index (χ0v) is 15.7. The van der Waals surface area contributed by atoms with E-state index in [1.165, 1.54) is 4.90 Å². The number of anilines is 1. The van der Waals surface area contributed by atoms with Gasteiger partial charge >= 0.3 is 0 Å². The zero-order valence-electron chi connectivity index (χ0n) is 11.3. The van der Waals surface area contributed by atoms with Crippen molar-refractivity contribution in [2.45, 2.75) is 19.9 Å². The molecule has 0 aliphatic rings. The molecule has 0 fully saturated rings. The number of carbonyl (C=O) groups excluding carboxylic acids is 1. The molecule has 0 aliphatic carbocycles.